The van der Waals surface area contributed by atoms with E-state index in [9.17, 15) is 18.0 Å². The normalized spacial score (nSPS) is 20.5. The minimum atomic E-state index is -3.76. The number of benzene rings is 1. The SMILES string of the molecule is CC(C)CNC(=O)COC(=O)[C@H]1CCCCN1C1=NS(=O)(=O)c2ccccc21. The molecule has 0 bridgehead atoms. The molecule has 1 atom stereocenters. The first-order valence-electron chi connectivity index (χ1n) is 9.44. The van der Waals surface area contributed by atoms with Gasteiger partial charge in [0.2, 0.25) is 0 Å². The minimum Gasteiger partial charge on any atom is -0.454 e. The highest BCUT2D eigenvalue weighted by Gasteiger charge is 2.38. The van der Waals surface area contributed by atoms with E-state index >= 15 is 0 Å². The number of nitrogens with one attached hydrogen (secondary N) is 1. The van der Waals surface area contributed by atoms with E-state index in [2.05, 4.69) is 9.71 Å². The summed E-state index contributed by atoms with van der Waals surface area (Å²) >= 11 is 0. The molecule has 1 aromatic rings. The lowest BCUT2D eigenvalue weighted by molar-refractivity contribution is -0.153. The number of sulfonamides is 1. The number of carbonyl (C=O) groups excluding carboxylic acids is 2. The first kappa shape index (κ1) is 20.3. The summed E-state index contributed by atoms with van der Waals surface area (Å²) in [5.74, 6) is -0.309. The van der Waals surface area contributed by atoms with Crippen LogP contribution in [0.25, 0.3) is 0 Å². The van der Waals surface area contributed by atoms with Crippen molar-refractivity contribution < 1.29 is 22.7 Å². The first-order valence-corrected chi connectivity index (χ1v) is 10.9. The van der Waals surface area contributed by atoms with Crippen LogP contribution in [0.5, 0.6) is 0 Å². The number of hydrogen-bond acceptors (Lipinski definition) is 6. The number of amidine groups is 1. The van der Waals surface area contributed by atoms with Crippen molar-refractivity contribution in [3.05, 3.63) is 29.8 Å². The van der Waals surface area contributed by atoms with Gasteiger partial charge >= 0.3 is 5.97 Å². The molecule has 1 N–H and O–H groups in total. The molecule has 1 fully saturated rings. The van der Waals surface area contributed by atoms with Gasteiger partial charge in [-0.1, -0.05) is 26.0 Å². The van der Waals surface area contributed by atoms with E-state index in [1.54, 1.807) is 23.1 Å². The van der Waals surface area contributed by atoms with Crippen LogP contribution in [0, 0.1) is 5.92 Å². The zero-order valence-corrected chi connectivity index (χ0v) is 16.9. The molecular formula is C19H25N3O5S. The maximum atomic E-state index is 12.6. The van der Waals surface area contributed by atoms with E-state index in [1.165, 1.54) is 6.07 Å². The van der Waals surface area contributed by atoms with Crippen LogP contribution in [0.15, 0.2) is 33.6 Å². The van der Waals surface area contributed by atoms with Crippen LogP contribution in [-0.2, 0) is 24.3 Å². The number of likely N-dealkylation sites (tertiary alicyclic amines) is 1. The number of ether oxygens (including phenoxy) is 1. The zero-order valence-electron chi connectivity index (χ0n) is 16.1. The van der Waals surface area contributed by atoms with Gasteiger partial charge in [-0.2, -0.15) is 8.42 Å². The summed E-state index contributed by atoms with van der Waals surface area (Å²) in [4.78, 5) is 26.3. The second-order valence-corrected chi connectivity index (χ2v) is 8.97. The van der Waals surface area contributed by atoms with Gasteiger partial charge < -0.3 is 15.0 Å². The van der Waals surface area contributed by atoms with Crippen molar-refractivity contribution in [3.8, 4) is 0 Å². The second kappa shape index (κ2) is 8.30. The molecule has 0 spiro atoms. The lowest BCUT2D eigenvalue weighted by Crippen LogP contribution is -2.49. The molecule has 3 rings (SSSR count). The van der Waals surface area contributed by atoms with Gasteiger partial charge in [-0.05, 0) is 37.3 Å². The van der Waals surface area contributed by atoms with E-state index in [1.807, 2.05) is 13.8 Å². The van der Waals surface area contributed by atoms with E-state index in [4.69, 9.17) is 4.74 Å². The number of rotatable bonds is 5. The molecule has 0 saturated carbocycles. The van der Waals surface area contributed by atoms with Crippen molar-refractivity contribution in [1.29, 1.82) is 0 Å². The predicted molar refractivity (Wildman–Crippen MR) is 103 cm³/mol. The lowest BCUT2D eigenvalue weighted by atomic mass is 10.0. The third kappa shape index (κ3) is 4.35. The molecule has 9 heteroatoms. The average Bonchev–Trinajstić information content (AvgIpc) is 2.96. The third-order valence-corrected chi connectivity index (χ3v) is 6.04. The largest absolute Gasteiger partial charge is 0.454 e. The van der Waals surface area contributed by atoms with Crippen LogP contribution in [0.1, 0.15) is 38.7 Å². The van der Waals surface area contributed by atoms with Crippen LogP contribution < -0.4 is 5.32 Å². The molecule has 1 aromatic carbocycles. The van der Waals surface area contributed by atoms with E-state index in [-0.39, 0.29) is 23.2 Å². The summed E-state index contributed by atoms with van der Waals surface area (Å²) in [6.07, 6.45) is 2.16. The summed E-state index contributed by atoms with van der Waals surface area (Å²) in [6.45, 7) is 4.61. The molecule has 0 radical (unpaired) electrons. The van der Waals surface area contributed by atoms with Crippen LogP contribution in [0.4, 0.5) is 0 Å². The predicted octanol–water partition coefficient (Wildman–Crippen LogP) is 1.31. The highest BCUT2D eigenvalue weighted by Crippen LogP contribution is 2.30. The Morgan fingerprint density at radius 2 is 2.04 bits per heavy atom. The fourth-order valence-electron chi connectivity index (χ4n) is 3.33. The van der Waals surface area contributed by atoms with Crippen molar-refractivity contribution in [2.75, 3.05) is 19.7 Å². The zero-order chi connectivity index (χ0) is 20.3. The molecule has 28 heavy (non-hydrogen) atoms. The summed E-state index contributed by atoms with van der Waals surface area (Å²) in [5, 5.41) is 2.70. The van der Waals surface area contributed by atoms with Gasteiger partial charge in [0.15, 0.2) is 12.4 Å². The fraction of sp³-hybridized carbons (Fsp3) is 0.526. The molecular weight excluding hydrogens is 382 g/mol. The molecule has 1 saturated heterocycles. The van der Waals surface area contributed by atoms with Gasteiger partial charge in [-0.3, -0.25) is 4.79 Å². The molecule has 152 valence electrons. The highest BCUT2D eigenvalue weighted by molar-refractivity contribution is 7.90. The number of piperidine rings is 1. The molecule has 0 unspecified atom stereocenters. The van der Waals surface area contributed by atoms with Crippen molar-refractivity contribution in [2.24, 2.45) is 10.3 Å². The summed E-state index contributed by atoms with van der Waals surface area (Å²) in [7, 11) is -3.76. The molecule has 2 aliphatic rings. The summed E-state index contributed by atoms with van der Waals surface area (Å²) in [6, 6.07) is 5.93. The fourth-order valence-corrected chi connectivity index (χ4v) is 4.54. The van der Waals surface area contributed by atoms with Crippen LogP contribution >= 0.6 is 0 Å². The number of nitrogens with zero attached hydrogens (tertiary/aromatic N) is 2. The standard InChI is InChI=1S/C19H25N3O5S/c1-13(2)11-20-17(23)12-27-19(24)15-8-5-6-10-22(15)18-14-7-3-4-9-16(14)28(25,26)21-18/h3-4,7,9,13,15H,5-6,8,10-12H2,1-2H3,(H,20,23)/t15-/m1/s1. The van der Waals surface area contributed by atoms with E-state index in [0.29, 0.717) is 31.0 Å². The van der Waals surface area contributed by atoms with Crippen LogP contribution in [0.3, 0.4) is 0 Å². The van der Waals surface area contributed by atoms with E-state index < -0.39 is 22.0 Å². The Morgan fingerprint density at radius 1 is 1.29 bits per heavy atom. The lowest BCUT2D eigenvalue weighted by Gasteiger charge is -2.35. The maximum absolute atomic E-state index is 12.6. The van der Waals surface area contributed by atoms with Gasteiger partial charge in [0.25, 0.3) is 15.9 Å². The number of carbonyl (C=O) groups is 2. The molecule has 1 amide bonds. The van der Waals surface area contributed by atoms with Crippen LogP contribution in [-0.4, -0.2) is 56.8 Å². The van der Waals surface area contributed by atoms with Gasteiger partial charge in [-0.15, -0.1) is 4.40 Å². The van der Waals surface area contributed by atoms with Gasteiger partial charge in [0, 0.05) is 18.7 Å². The number of esters is 1. The van der Waals surface area contributed by atoms with Crippen molar-refractivity contribution in [3.63, 3.8) is 0 Å². The second-order valence-electron chi connectivity index (χ2n) is 7.40. The summed E-state index contributed by atoms with van der Waals surface area (Å²) < 4.78 is 33.8. The van der Waals surface area contributed by atoms with Crippen molar-refractivity contribution >= 4 is 27.7 Å². The Bertz CT molecular complexity index is 895. The number of fused-ring (bicyclic) bond motifs is 1. The number of amides is 1. The van der Waals surface area contributed by atoms with Gasteiger partial charge in [-0.25, -0.2) is 4.79 Å². The first-order chi connectivity index (χ1) is 13.3. The Balaban J connectivity index is 1.73. The Labute approximate surface area is 165 Å². The smallest absolute Gasteiger partial charge is 0.329 e. The molecule has 2 heterocycles. The molecule has 0 aromatic heterocycles. The molecule has 0 aliphatic carbocycles. The topological polar surface area (TPSA) is 105 Å². The monoisotopic (exact) mass is 407 g/mol. The van der Waals surface area contributed by atoms with Gasteiger partial charge in [0.05, 0.1) is 0 Å². The quantitative estimate of drug-likeness (QED) is 0.738. The van der Waals surface area contributed by atoms with Crippen molar-refractivity contribution in [1.82, 2.24) is 10.2 Å². The molecule has 8 nitrogen and oxygen atoms in total. The Morgan fingerprint density at radius 3 is 2.79 bits per heavy atom. The average molecular weight is 407 g/mol. The Kier molecular flexibility index (Phi) is 6.02. The third-order valence-electron chi connectivity index (χ3n) is 4.71. The minimum absolute atomic E-state index is 0.149. The Hall–Kier alpha value is -2.42. The van der Waals surface area contributed by atoms with Gasteiger partial charge in [0.1, 0.15) is 10.9 Å². The maximum Gasteiger partial charge on any atom is 0.329 e. The van der Waals surface area contributed by atoms with E-state index in [0.717, 1.165) is 12.8 Å². The summed E-state index contributed by atoms with van der Waals surface area (Å²) in [5.41, 5.74) is 0.497. The highest BCUT2D eigenvalue weighted by atomic mass is 32.2. The van der Waals surface area contributed by atoms with Crippen molar-refractivity contribution in [2.45, 2.75) is 44.0 Å². The number of hydrogen-bond donors (Lipinski definition) is 1. The van der Waals surface area contributed by atoms with Crippen LogP contribution in [0.2, 0.25) is 0 Å². The molecule has 2 aliphatic heterocycles.